The largest absolute Gasteiger partial charge is 0.462 e. The first kappa shape index (κ1) is 23.7. The van der Waals surface area contributed by atoms with E-state index in [1.807, 2.05) is 18.4 Å². The summed E-state index contributed by atoms with van der Waals surface area (Å²) < 4.78 is 21.3. The van der Waals surface area contributed by atoms with E-state index in [1.54, 1.807) is 39.0 Å². The number of Topliss-reactive ketones (excluding diaryl/α,β-unsaturated/α-hetero) is 1. The number of carbonyl (C=O) groups is 2. The lowest BCUT2D eigenvalue weighted by atomic mass is 10.1. The molecule has 32 heavy (non-hydrogen) atoms. The SMILES string of the molecule is CCOC(=O)c1c(C)[nH]c(C(=O)CSc2nnc(-c3ccccc3F)n2CC(C)C)c1C. The molecule has 0 saturated carbocycles. The first-order chi connectivity index (χ1) is 15.2. The average Bonchev–Trinajstić information content (AvgIpc) is 3.26. The van der Waals surface area contributed by atoms with Gasteiger partial charge in [-0.3, -0.25) is 4.79 Å². The maximum absolute atomic E-state index is 14.4. The molecule has 3 aromatic rings. The number of ether oxygens (including phenoxy) is 1. The van der Waals surface area contributed by atoms with E-state index in [1.165, 1.54) is 17.8 Å². The van der Waals surface area contributed by atoms with Gasteiger partial charge in [0.2, 0.25) is 0 Å². The summed E-state index contributed by atoms with van der Waals surface area (Å²) >= 11 is 1.24. The van der Waals surface area contributed by atoms with Gasteiger partial charge in [-0.15, -0.1) is 10.2 Å². The molecule has 0 bridgehead atoms. The summed E-state index contributed by atoms with van der Waals surface area (Å²) in [6, 6.07) is 6.43. The summed E-state index contributed by atoms with van der Waals surface area (Å²) in [6.07, 6.45) is 0. The van der Waals surface area contributed by atoms with Crippen molar-refractivity contribution in [2.75, 3.05) is 12.4 Å². The second-order valence-corrected chi connectivity index (χ2v) is 8.79. The van der Waals surface area contributed by atoms with Crippen molar-refractivity contribution < 1.29 is 18.7 Å². The molecular weight excluding hydrogens is 431 g/mol. The number of rotatable bonds is 9. The van der Waals surface area contributed by atoms with Crippen LogP contribution < -0.4 is 0 Å². The van der Waals surface area contributed by atoms with E-state index in [9.17, 15) is 14.0 Å². The highest BCUT2D eigenvalue weighted by atomic mass is 32.2. The molecule has 0 aliphatic rings. The normalized spacial score (nSPS) is 11.2. The van der Waals surface area contributed by atoms with E-state index in [2.05, 4.69) is 15.2 Å². The number of esters is 1. The molecular formula is C23H27FN4O3S. The molecule has 1 aromatic carbocycles. The topological polar surface area (TPSA) is 89.9 Å². The van der Waals surface area contributed by atoms with Gasteiger partial charge < -0.3 is 14.3 Å². The van der Waals surface area contributed by atoms with Crippen molar-refractivity contribution in [1.29, 1.82) is 0 Å². The molecule has 0 spiro atoms. The lowest BCUT2D eigenvalue weighted by Crippen LogP contribution is -2.11. The van der Waals surface area contributed by atoms with E-state index in [0.717, 1.165) is 0 Å². The smallest absolute Gasteiger partial charge is 0.340 e. The van der Waals surface area contributed by atoms with E-state index in [4.69, 9.17) is 4.74 Å². The predicted octanol–water partition coefficient (Wildman–Crippen LogP) is 4.84. The molecule has 2 heterocycles. The minimum Gasteiger partial charge on any atom is -0.462 e. The molecule has 3 rings (SSSR count). The Morgan fingerprint density at radius 1 is 1.22 bits per heavy atom. The minimum absolute atomic E-state index is 0.0938. The molecule has 0 fully saturated rings. The van der Waals surface area contributed by atoms with Gasteiger partial charge in [-0.25, -0.2) is 9.18 Å². The number of hydrogen-bond donors (Lipinski definition) is 1. The Morgan fingerprint density at radius 2 is 1.94 bits per heavy atom. The number of carbonyl (C=O) groups excluding carboxylic acids is 2. The monoisotopic (exact) mass is 458 g/mol. The zero-order chi connectivity index (χ0) is 23.4. The molecule has 2 aromatic heterocycles. The van der Waals surface area contributed by atoms with E-state index in [0.29, 0.717) is 45.6 Å². The molecule has 0 aliphatic heterocycles. The lowest BCUT2D eigenvalue weighted by molar-refractivity contribution is 0.0525. The quantitative estimate of drug-likeness (QED) is 0.280. The van der Waals surface area contributed by atoms with Crippen LogP contribution in [-0.4, -0.2) is 43.9 Å². The third-order valence-electron chi connectivity index (χ3n) is 4.91. The molecule has 170 valence electrons. The van der Waals surface area contributed by atoms with Crippen LogP contribution in [0.15, 0.2) is 29.4 Å². The minimum atomic E-state index is -0.448. The maximum atomic E-state index is 14.4. The van der Waals surface area contributed by atoms with Crippen molar-refractivity contribution in [3.8, 4) is 11.4 Å². The van der Waals surface area contributed by atoms with Gasteiger partial charge in [0, 0.05) is 12.2 Å². The van der Waals surface area contributed by atoms with Crippen LogP contribution in [0.25, 0.3) is 11.4 Å². The first-order valence-corrected chi connectivity index (χ1v) is 11.4. The second kappa shape index (κ2) is 10.1. The van der Waals surface area contributed by atoms with Crippen LogP contribution in [0.3, 0.4) is 0 Å². The summed E-state index contributed by atoms with van der Waals surface area (Å²) in [4.78, 5) is 28.1. The Labute approximate surface area is 190 Å². The van der Waals surface area contributed by atoms with Crippen LogP contribution in [0.5, 0.6) is 0 Å². The summed E-state index contributed by atoms with van der Waals surface area (Å²) in [5, 5.41) is 8.96. The number of thioether (sulfide) groups is 1. The Hall–Kier alpha value is -2.94. The van der Waals surface area contributed by atoms with Crippen LogP contribution in [0.4, 0.5) is 4.39 Å². The number of halogens is 1. The van der Waals surface area contributed by atoms with Crippen molar-refractivity contribution in [1.82, 2.24) is 19.7 Å². The van der Waals surface area contributed by atoms with Gasteiger partial charge in [-0.1, -0.05) is 37.7 Å². The fourth-order valence-electron chi connectivity index (χ4n) is 3.51. The molecule has 0 saturated heterocycles. The number of hydrogen-bond acceptors (Lipinski definition) is 6. The summed E-state index contributed by atoms with van der Waals surface area (Å²) in [5.41, 5.74) is 2.31. The van der Waals surface area contributed by atoms with Gasteiger partial charge in [0.1, 0.15) is 5.82 Å². The molecule has 9 heteroatoms. The fraction of sp³-hybridized carbons (Fsp3) is 0.391. The highest BCUT2D eigenvalue weighted by Gasteiger charge is 2.24. The zero-order valence-electron chi connectivity index (χ0n) is 18.9. The number of ketones is 1. The van der Waals surface area contributed by atoms with Crippen molar-refractivity contribution in [2.45, 2.75) is 46.3 Å². The average molecular weight is 459 g/mol. The van der Waals surface area contributed by atoms with Crippen LogP contribution in [0.2, 0.25) is 0 Å². The Morgan fingerprint density at radius 3 is 2.59 bits per heavy atom. The third-order valence-corrected chi connectivity index (χ3v) is 5.87. The Balaban J connectivity index is 1.85. The second-order valence-electron chi connectivity index (χ2n) is 7.85. The first-order valence-electron chi connectivity index (χ1n) is 10.4. The molecule has 0 aliphatic carbocycles. The number of H-pyrrole nitrogens is 1. The highest BCUT2D eigenvalue weighted by molar-refractivity contribution is 7.99. The highest BCUT2D eigenvalue weighted by Crippen LogP contribution is 2.28. The number of aryl methyl sites for hydroxylation is 1. The van der Waals surface area contributed by atoms with Crippen molar-refractivity contribution in [2.24, 2.45) is 5.92 Å². The van der Waals surface area contributed by atoms with Crippen molar-refractivity contribution >= 4 is 23.5 Å². The molecule has 0 unspecified atom stereocenters. The van der Waals surface area contributed by atoms with Gasteiger partial charge in [0.15, 0.2) is 16.8 Å². The zero-order valence-corrected chi connectivity index (χ0v) is 19.7. The van der Waals surface area contributed by atoms with Gasteiger partial charge in [-0.05, 0) is 44.4 Å². The lowest BCUT2D eigenvalue weighted by Gasteiger charge is -2.12. The number of aromatic nitrogens is 4. The molecule has 1 N–H and O–H groups in total. The third kappa shape index (κ3) is 4.93. The van der Waals surface area contributed by atoms with Crippen LogP contribution in [0.1, 0.15) is 52.9 Å². The van der Waals surface area contributed by atoms with E-state index >= 15 is 0 Å². The summed E-state index contributed by atoms with van der Waals surface area (Å²) in [6.45, 7) is 10.1. The van der Waals surface area contributed by atoms with Crippen molar-refractivity contribution in [3.63, 3.8) is 0 Å². The number of aromatic amines is 1. The summed E-state index contributed by atoms with van der Waals surface area (Å²) in [5.74, 6) is -0.192. The Bertz CT molecular complexity index is 1140. The number of nitrogens with one attached hydrogen (secondary N) is 1. The van der Waals surface area contributed by atoms with Gasteiger partial charge in [0.05, 0.1) is 29.2 Å². The van der Waals surface area contributed by atoms with Crippen molar-refractivity contribution in [3.05, 3.63) is 52.6 Å². The predicted molar refractivity (Wildman–Crippen MR) is 122 cm³/mol. The number of nitrogens with zero attached hydrogens (tertiary/aromatic N) is 3. The maximum Gasteiger partial charge on any atom is 0.340 e. The van der Waals surface area contributed by atoms with Crippen LogP contribution >= 0.6 is 11.8 Å². The van der Waals surface area contributed by atoms with Crippen LogP contribution in [-0.2, 0) is 11.3 Å². The fourth-order valence-corrected chi connectivity index (χ4v) is 4.33. The van der Waals surface area contributed by atoms with E-state index < -0.39 is 5.97 Å². The standard InChI is InChI=1S/C23H27FN4O3S/c1-6-31-22(30)19-14(4)20(25-15(19)5)18(29)12-32-23-27-26-21(28(23)11-13(2)3)16-9-7-8-10-17(16)24/h7-10,13,25H,6,11-12H2,1-5H3. The molecule has 7 nitrogen and oxygen atoms in total. The molecule has 0 atom stereocenters. The number of benzene rings is 1. The Kier molecular flexibility index (Phi) is 7.50. The summed E-state index contributed by atoms with van der Waals surface area (Å²) in [7, 11) is 0. The van der Waals surface area contributed by atoms with Gasteiger partial charge in [0.25, 0.3) is 0 Å². The van der Waals surface area contributed by atoms with Crippen LogP contribution in [0, 0.1) is 25.6 Å². The van der Waals surface area contributed by atoms with Gasteiger partial charge in [-0.2, -0.15) is 0 Å². The molecule has 0 amide bonds. The van der Waals surface area contributed by atoms with Gasteiger partial charge >= 0.3 is 5.97 Å². The molecule has 0 radical (unpaired) electrons. The van der Waals surface area contributed by atoms with E-state index in [-0.39, 0.29) is 29.9 Å².